The molecule has 1 saturated heterocycles. The number of hydrogen-bond donors (Lipinski definition) is 1. The number of anilines is 2. The third-order valence-electron chi connectivity index (χ3n) is 6.61. The lowest BCUT2D eigenvalue weighted by atomic mass is 9.84. The zero-order valence-electron chi connectivity index (χ0n) is 19.9. The third kappa shape index (κ3) is 4.67. The molecule has 3 atom stereocenters. The average Bonchev–Trinajstić information content (AvgIpc) is 3.37. The Balaban J connectivity index is 1.39. The van der Waals surface area contributed by atoms with Gasteiger partial charge in [0.05, 0.1) is 16.6 Å². The van der Waals surface area contributed by atoms with Gasteiger partial charge in [0.15, 0.2) is 0 Å². The van der Waals surface area contributed by atoms with E-state index in [0.717, 1.165) is 23.1 Å². The summed E-state index contributed by atoms with van der Waals surface area (Å²) < 4.78 is 1.37. The van der Waals surface area contributed by atoms with E-state index in [1.807, 2.05) is 6.07 Å². The van der Waals surface area contributed by atoms with Gasteiger partial charge in [0.25, 0.3) is 0 Å². The molecule has 4 aromatic rings. The van der Waals surface area contributed by atoms with Crippen LogP contribution in [0.15, 0.2) is 82.9 Å². The molecular formula is C27H18Cl2N4O4S2. The van der Waals surface area contributed by atoms with E-state index in [9.17, 15) is 19.2 Å². The number of halogens is 2. The standard InChI is InChI=1S/C27H18Cl2N4O4S2/c28-15-3-7-17(8-4-15)31-19(34)13-32-26-23(39-27(32)37)20(14-2-1-11-30-12-14)21-22(38-26)25(36)33(24(21)35)18-9-5-16(29)6-10-18/h1-12,20-22H,13H2,(H,31,34)/t20-,21+,22-/m0/s1. The number of benzene rings is 2. The third-order valence-corrected chi connectivity index (χ3v) is 9.72. The van der Waals surface area contributed by atoms with E-state index in [-0.39, 0.29) is 23.2 Å². The largest absolute Gasteiger partial charge is 0.325 e. The van der Waals surface area contributed by atoms with Crippen LogP contribution in [0.3, 0.4) is 0 Å². The van der Waals surface area contributed by atoms with Crippen LogP contribution < -0.4 is 15.1 Å². The van der Waals surface area contributed by atoms with Gasteiger partial charge >= 0.3 is 4.87 Å². The van der Waals surface area contributed by atoms with Crippen LogP contribution >= 0.6 is 46.3 Å². The molecule has 196 valence electrons. The number of pyridine rings is 1. The highest BCUT2D eigenvalue weighted by Gasteiger charge is 2.56. The van der Waals surface area contributed by atoms with Crippen molar-refractivity contribution in [1.29, 1.82) is 0 Å². The fourth-order valence-corrected chi connectivity index (χ4v) is 7.92. The molecule has 0 bridgehead atoms. The van der Waals surface area contributed by atoms with Gasteiger partial charge in [0.2, 0.25) is 17.7 Å². The minimum atomic E-state index is -0.787. The maximum atomic E-state index is 13.8. The summed E-state index contributed by atoms with van der Waals surface area (Å²) >= 11 is 14.1. The summed E-state index contributed by atoms with van der Waals surface area (Å²) in [6.07, 6.45) is 3.27. The summed E-state index contributed by atoms with van der Waals surface area (Å²) in [6.45, 7) is -0.250. The van der Waals surface area contributed by atoms with Gasteiger partial charge in [0, 0.05) is 38.9 Å². The molecule has 1 fully saturated rings. The molecule has 3 amide bonds. The highest BCUT2D eigenvalue weighted by molar-refractivity contribution is 8.00. The van der Waals surface area contributed by atoms with Crippen LogP contribution in [-0.2, 0) is 20.9 Å². The Labute approximate surface area is 240 Å². The molecule has 0 unspecified atom stereocenters. The fourth-order valence-electron chi connectivity index (χ4n) is 4.90. The summed E-state index contributed by atoms with van der Waals surface area (Å²) in [5.74, 6) is -2.46. The number of rotatable bonds is 5. The van der Waals surface area contributed by atoms with Crippen molar-refractivity contribution < 1.29 is 14.4 Å². The second-order valence-electron chi connectivity index (χ2n) is 9.00. The molecule has 39 heavy (non-hydrogen) atoms. The van der Waals surface area contributed by atoms with Crippen molar-refractivity contribution in [2.75, 3.05) is 10.2 Å². The van der Waals surface area contributed by atoms with Gasteiger partial charge in [-0.2, -0.15) is 0 Å². The topological polar surface area (TPSA) is 101 Å². The first-order valence-corrected chi connectivity index (χ1v) is 14.3. The number of thioether (sulfide) groups is 1. The quantitative estimate of drug-likeness (QED) is 0.324. The second kappa shape index (κ2) is 10.3. The Morgan fingerprint density at radius 2 is 1.64 bits per heavy atom. The van der Waals surface area contributed by atoms with E-state index in [0.29, 0.717) is 36.9 Å². The molecule has 6 rings (SSSR count). The van der Waals surface area contributed by atoms with Crippen LogP contribution in [0.2, 0.25) is 10.0 Å². The van der Waals surface area contributed by atoms with Crippen LogP contribution in [0.4, 0.5) is 11.4 Å². The van der Waals surface area contributed by atoms with Gasteiger partial charge in [-0.25, -0.2) is 4.90 Å². The highest BCUT2D eigenvalue weighted by atomic mass is 35.5. The number of imide groups is 1. The number of nitrogens with zero attached hydrogens (tertiary/aromatic N) is 3. The molecule has 1 N–H and O–H groups in total. The molecule has 0 saturated carbocycles. The molecule has 0 radical (unpaired) electrons. The molecule has 4 heterocycles. The second-order valence-corrected chi connectivity index (χ2v) is 12.0. The first-order valence-electron chi connectivity index (χ1n) is 11.8. The molecule has 12 heteroatoms. The van der Waals surface area contributed by atoms with Gasteiger partial charge in [-0.1, -0.05) is 52.4 Å². The van der Waals surface area contributed by atoms with Crippen molar-refractivity contribution in [3.8, 4) is 0 Å². The summed E-state index contributed by atoms with van der Waals surface area (Å²) in [5.41, 5.74) is 1.68. The zero-order chi connectivity index (χ0) is 27.3. The lowest BCUT2D eigenvalue weighted by Crippen LogP contribution is -2.33. The highest BCUT2D eigenvalue weighted by Crippen LogP contribution is 2.53. The van der Waals surface area contributed by atoms with Gasteiger partial charge in [0.1, 0.15) is 11.8 Å². The lowest BCUT2D eigenvalue weighted by molar-refractivity contribution is -0.122. The van der Waals surface area contributed by atoms with E-state index in [1.54, 1.807) is 67.0 Å². The first kappa shape index (κ1) is 25.8. The van der Waals surface area contributed by atoms with Gasteiger partial charge < -0.3 is 5.32 Å². The molecule has 2 aliphatic heterocycles. The molecule has 2 aromatic carbocycles. The van der Waals surface area contributed by atoms with E-state index in [2.05, 4.69) is 10.3 Å². The number of aromatic nitrogens is 2. The van der Waals surface area contributed by atoms with E-state index < -0.39 is 23.0 Å². The van der Waals surface area contributed by atoms with Crippen molar-refractivity contribution >= 4 is 75.4 Å². The zero-order valence-corrected chi connectivity index (χ0v) is 23.1. The van der Waals surface area contributed by atoms with Crippen LogP contribution in [-0.4, -0.2) is 32.5 Å². The number of hydrogen-bond acceptors (Lipinski definition) is 7. The number of fused-ring (bicyclic) bond motifs is 2. The Morgan fingerprint density at radius 3 is 2.31 bits per heavy atom. The predicted molar refractivity (Wildman–Crippen MR) is 152 cm³/mol. The molecular weight excluding hydrogens is 579 g/mol. The number of nitrogens with one attached hydrogen (secondary N) is 1. The number of amides is 3. The number of thiazole rings is 1. The Hall–Kier alpha value is -3.44. The van der Waals surface area contributed by atoms with E-state index in [1.165, 1.54) is 9.47 Å². The summed E-state index contributed by atoms with van der Waals surface area (Å²) in [4.78, 5) is 59.3. The van der Waals surface area contributed by atoms with Gasteiger partial charge in [-0.15, -0.1) is 0 Å². The van der Waals surface area contributed by atoms with Gasteiger partial charge in [-0.3, -0.25) is 28.7 Å². The first-order chi connectivity index (χ1) is 18.8. The minimum Gasteiger partial charge on any atom is -0.325 e. The van der Waals surface area contributed by atoms with Gasteiger partial charge in [-0.05, 0) is 60.2 Å². The maximum Gasteiger partial charge on any atom is 0.308 e. The van der Waals surface area contributed by atoms with Crippen molar-refractivity contribution in [3.05, 3.63) is 103 Å². The smallest absolute Gasteiger partial charge is 0.308 e. The monoisotopic (exact) mass is 596 g/mol. The molecule has 8 nitrogen and oxygen atoms in total. The van der Waals surface area contributed by atoms with Crippen molar-refractivity contribution in [2.45, 2.75) is 22.7 Å². The van der Waals surface area contributed by atoms with Crippen LogP contribution in [0, 0.1) is 5.92 Å². The summed E-state index contributed by atoms with van der Waals surface area (Å²) in [5, 5.41) is 3.51. The van der Waals surface area contributed by atoms with Crippen molar-refractivity contribution in [2.24, 2.45) is 5.92 Å². The maximum absolute atomic E-state index is 13.8. The number of carbonyl (C=O) groups is 3. The Kier molecular flexibility index (Phi) is 6.80. The average molecular weight is 598 g/mol. The van der Waals surface area contributed by atoms with Crippen molar-refractivity contribution in [1.82, 2.24) is 9.55 Å². The molecule has 2 aliphatic rings. The molecule has 0 aliphatic carbocycles. The Bertz CT molecular complexity index is 1660. The van der Waals surface area contributed by atoms with Crippen LogP contribution in [0.5, 0.6) is 0 Å². The normalized spacial score (nSPS) is 20.1. The van der Waals surface area contributed by atoms with Crippen LogP contribution in [0.25, 0.3) is 0 Å². The van der Waals surface area contributed by atoms with Crippen LogP contribution in [0.1, 0.15) is 16.4 Å². The lowest BCUT2D eigenvalue weighted by Gasteiger charge is -2.30. The predicted octanol–water partition coefficient (Wildman–Crippen LogP) is 5.05. The summed E-state index contributed by atoms with van der Waals surface area (Å²) in [6, 6.07) is 16.7. The Morgan fingerprint density at radius 1 is 0.949 bits per heavy atom. The molecule has 0 spiro atoms. The van der Waals surface area contributed by atoms with Crippen molar-refractivity contribution in [3.63, 3.8) is 0 Å². The minimum absolute atomic E-state index is 0.250. The fraction of sp³-hybridized carbons (Fsp3) is 0.148. The van der Waals surface area contributed by atoms with E-state index >= 15 is 0 Å². The summed E-state index contributed by atoms with van der Waals surface area (Å²) in [7, 11) is 0. The molecule has 2 aromatic heterocycles. The number of carbonyl (C=O) groups excluding carboxylic acids is 3. The SMILES string of the molecule is O=C(Cn1c2c(sc1=O)[C@@H](c1cccnc1)[C@H]1C(=O)N(c3ccc(Cl)cc3)C(=O)[C@H]1S2)Nc1ccc(Cl)cc1. The van der Waals surface area contributed by atoms with E-state index in [4.69, 9.17) is 23.2 Å².